The number of carbonyl (C=O) groups excluding carboxylic acids is 1. The van der Waals surface area contributed by atoms with Gasteiger partial charge in [0.15, 0.2) is 5.96 Å². The lowest BCUT2D eigenvalue weighted by atomic mass is 10.1. The molecular formula is C23H34N8O. The van der Waals surface area contributed by atoms with E-state index >= 15 is 0 Å². The molecule has 0 spiro atoms. The number of guanidine groups is 1. The highest BCUT2D eigenvalue weighted by Crippen LogP contribution is 2.09. The van der Waals surface area contributed by atoms with Gasteiger partial charge in [-0.15, -0.1) is 0 Å². The van der Waals surface area contributed by atoms with Gasteiger partial charge in [0.1, 0.15) is 0 Å². The van der Waals surface area contributed by atoms with Crippen LogP contribution in [0.2, 0.25) is 0 Å². The molecule has 0 radical (unpaired) electrons. The fraction of sp³-hybridized carbons (Fsp3) is 0.478. The number of benzene rings is 1. The number of nitrogens with zero attached hydrogens (tertiary/aromatic N) is 5. The molecule has 3 rings (SSSR count). The van der Waals surface area contributed by atoms with E-state index in [1.165, 1.54) is 0 Å². The van der Waals surface area contributed by atoms with Crippen LogP contribution < -0.4 is 20.9 Å². The number of amides is 1. The minimum atomic E-state index is -0.0631. The Labute approximate surface area is 190 Å². The van der Waals surface area contributed by atoms with Gasteiger partial charge in [-0.05, 0) is 37.1 Å². The van der Waals surface area contributed by atoms with Crippen LogP contribution >= 0.6 is 0 Å². The highest BCUT2D eigenvalue weighted by Gasteiger charge is 2.18. The van der Waals surface area contributed by atoms with Gasteiger partial charge in [0.05, 0.1) is 6.54 Å². The van der Waals surface area contributed by atoms with Crippen LogP contribution in [0.25, 0.3) is 0 Å². The normalized spacial score (nSPS) is 14.8. The molecule has 0 bridgehead atoms. The second kappa shape index (κ2) is 12.6. The standard InChI is InChI=1S/C23H34N8O/c1-3-25-22(26-11-8-19-6-4-7-20(18-19)21(32)24-2)27-12-13-30-14-16-31(17-15-30)23-28-9-5-10-29-23/h4-7,9-10,18H,3,8,11-17H2,1-2H3,(H,24,32)(H2,25,26,27). The molecule has 172 valence electrons. The highest BCUT2D eigenvalue weighted by atomic mass is 16.1. The first-order chi connectivity index (χ1) is 15.7. The van der Waals surface area contributed by atoms with Gasteiger partial charge in [0.25, 0.3) is 5.91 Å². The molecule has 1 aromatic heterocycles. The van der Waals surface area contributed by atoms with Gasteiger partial charge in [0, 0.05) is 70.8 Å². The first kappa shape index (κ1) is 23.5. The number of rotatable bonds is 9. The predicted octanol–water partition coefficient (Wildman–Crippen LogP) is 0.756. The zero-order valence-corrected chi connectivity index (χ0v) is 19.0. The zero-order valence-electron chi connectivity index (χ0n) is 19.0. The van der Waals surface area contributed by atoms with Crippen LogP contribution in [0, 0.1) is 0 Å². The molecule has 2 aromatic rings. The Bertz CT molecular complexity index is 865. The van der Waals surface area contributed by atoms with Gasteiger partial charge in [-0.3, -0.25) is 14.7 Å². The Morgan fingerprint density at radius 2 is 1.88 bits per heavy atom. The topological polar surface area (TPSA) is 97.8 Å². The molecule has 32 heavy (non-hydrogen) atoms. The molecule has 0 aliphatic carbocycles. The first-order valence-electron chi connectivity index (χ1n) is 11.3. The zero-order chi connectivity index (χ0) is 22.6. The summed E-state index contributed by atoms with van der Waals surface area (Å²) in [6, 6.07) is 9.57. The van der Waals surface area contributed by atoms with E-state index in [2.05, 4.69) is 42.6 Å². The number of piperazine rings is 1. The lowest BCUT2D eigenvalue weighted by Gasteiger charge is -2.34. The molecular weight excluding hydrogens is 404 g/mol. The Balaban J connectivity index is 1.41. The second-order valence-electron chi connectivity index (χ2n) is 7.59. The van der Waals surface area contributed by atoms with Crippen LogP contribution in [0.1, 0.15) is 22.8 Å². The summed E-state index contributed by atoms with van der Waals surface area (Å²) in [5.74, 6) is 1.57. The second-order valence-corrected chi connectivity index (χ2v) is 7.59. The van der Waals surface area contributed by atoms with Gasteiger partial charge in [-0.2, -0.15) is 0 Å². The molecule has 1 aliphatic heterocycles. The van der Waals surface area contributed by atoms with E-state index in [0.717, 1.165) is 76.3 Å². The summed E-state index contributed by atoms with van der Waals surface area (Å²) >= 11 is 0. The summed E-state index contributed by atoms with van der Waals surface area (Å²) in [4.78, 5) is 29.9. The number of hydrogen-bond acceptors (Lipinski definition) is 6. The minimum Gasteiger partial charge on any atom is -0.357 e. The van der Waals surface area contributed by atoms with Gasteiger partial charge < -0.3 is 20.9 Å². The molecule has 1 aliphatic rings. The number of aromatic nitrogens is 2. The molecule has 2 heterocycles. The number of carbonyl (C=O) groups is 1. The Morgan fingerprint density at radius 1 is 1.09 bits per heavy atom. The third-order valence-corrected chi connectivity index (χ3v) is 5.36. The first-order valence-corrected chi connectivity index (χ1v) is 11.3. The SMILES string of the molecule is CCNC(=NCCN1CCN(c2ncccn2)CC1)NCCc1cccc(C(=O)NC)c1. The average Bonchev–Trinajstić information content (AvgIpc) is 2.84. The number of anilines is 1. The van der Waals surface area contributed by atoms with Crippen LogP contribution in [0.3, 0.4) is 0 Å². The van der Waals surface area contributed by atoms with E-state index < -0.39 is 0 Å². The lowest BCUT2D eigenvalue weighted by Crippen LogP contribution is -2.47. The third kappa shape index (κ3) is 7.19. The van der Waals surface area contributed by atoms with Crippen molar-refractivity contribution in [1.29, 1.82) is 0 Å². The third-order valence-electron chi connectivity index (χ3n) is 5.36. The predicted molar refractivity (Wildman–Crippen MR) is 128 cm³/mol. The molecule has 1 saturated heterocycles. The van der Waals surface area contributed by atoms with Crippen molar-refractivity contribution in [3.63, 3.8) is 0 Å². The molecule has 0 unspecified atom stereocenters. The van der Waals surface area contributed by atoms with Crippen molar-refractivity contribution < 1.29 is 4.79 Å². The molecule has 1 amide bonds. The lowest BCUT2D eigenvalue weighted by molar-refractivity contribution is 0.0963. The maximum atomic E-state index is 11.8. The monoisotopic (exact) mass is 438 g/mol. The van der Waals surface area contributed by atoms with Crippen LogP contribution in [0.15, 0.2) is 47.7 Å². The van der Waals surface area contributed by atoms with Crippen molar-refractivity contribution in [3.8, 4) is 0 Å². The largest absolute Gasteiger partial charge is 0.357 e. The Kier molecular flexibility index (Phi) is 9.24. The molecule has 1 aromatic carbocycles. The van der Waals surface area contributed by atoms with Crippen molar-refractivity contribution >= 4 is 17.8 Å². The smallest absolute Gasteiger partial charge is 0.251 e. The highest BCUT2D eigenvalue weighted by molar-refractivity contribution is 5.94. The quantitative estimate of drug-likeness (QED) is 0.393. The van der Waals surface area contributed by atoms with Crippen molar-refractivity contribution in [1.82, 2.24) is 30.8 Å². The van der Waals surface area contributed by atoms with E-state index in [-0.39, 0.29) is 5.91 Å². The Morgan fingerprint density at radius 3 is 2.59 bits per heavy atom. The van der Waals surface area contributed by atoms with Crippen LogP contribution in [-0.4, -0.2) is 86.1 Å². The molecule has 0 saturated carbocycles. The summed E-state index contributed by atoms with van der Waals surface area (Å²) in [5.41, 5.74) is 1.80. The van der Waals surface area contributed by atoms with Crippen molar-refractivity contribution in [2.75, 3.05) is 64.3 Å². The summed E-state index contributed by atoms with van der Waals surface area (Å²) in [7, 11) is 1.65. The van der Waals surface area contributed by atoms with Gasteiger partial charge in [-0.25, -0.2) is 9.97 Å². The van der Waals surface area contributed by atoms with Crippen LogP contribution in [0.5, 0.6) is 0 Å². The molecule has 1 fully saturated rings. The Hall–Kier alpha value is -3.20. The van der Waals surface area contributed by atoms with Gasteiger partial charge >= 0.3 is 0 Å². The van der Waals surface area contributed by atoms with E-state index in [4.69, 9.17) is 4.99 Å². The van der Waals surface area contributed by atoms with Gasteiger partial charge in [0.2, 0.25) is 5.95 Å². The number of nitrogens with one attached hydrogen (secondary N) is 3. The molecule has 0 atom stereocenters. The number of aliphatic imine (C=N–C) groups is 1. The molecule has 9 nitrogen and oxygen atoms in total. The minimum absolute atomic E-state index is 0.0631. The van der Waals surface area contributed by atoms with Crippen LogP contribution in [0.4, 0.5) is 5.95 Å². The summed E-state index contributed by atoms with van der Waals surface area (Å²) in [6.07, 6.45) is 4.40. The maximum absolute atomic E-state index is 11.8. The average molecular weight is 439 g/mol. The van der Waals surface area contributed by atoms with E-state index in [0.29, 0.717) is 5.56 Å². The number of hydrogen-bond donors (Lipinski definition) is 3. The molecule has 3 N–H and O–H groups in total. The van der Waals surface area contributed by atoms with E-state index in [9.17, 15) is 4.79 Å². The summed E-state index contributed by atoms with van der Waals surface area (Å²) < 4.78 is 0. The fourth-order valence-corrected chi connectivity index (χ4v) is 3.61. The summed E-state index contributed by atoms with van der Waals surface area (Å²) in [6.45, 7) is 9.13. The molecule has 9 heteroatoms. The maximum Gasteiger partial charge on any atom is 0.251 e. The van der Waals surface area contributed by atoms with Gasteiger partial charge in [-0.1, -0.05) is 12.1 Å². The van der Waals surface area contributed by atoms with E-state index in [1.807, 2.05) is 30.3 Å². The van der Waals surface area contributed by atoms with E-state index in [1.54, 1.807) is 19.4 Å². The van der Waals surface area contributed by atoms with Crippen molar-refractivity contribution in [2.24, 2.45) is 4.99 Å². The summed E-state index contributed by atoms with van der Waals surface area (Å²) in [5, 5.41) is 9.36. The van der Waals surface area contributed by atoms with Crippen LogP contribution in [-0.2, 0) is 6.42 Å². The fourth-order valence-electron chi connectivity index (χ4n) is 3.61. The van der Waals surface area contributed by atoms with Crippen molar-refractivity contribution in [2.45, 2.75) is 13.3 Å². The van der Waals surface area contributed by atoms with Crippen molar-refractivity contribution in [3.05, 3.63) is 53.9 Å².